The molecule has 2 N–H and O–H groups in total. The van der Waals surface area contributed by atoms with Gasteiger partial charge in [-0.25, -0.2) is 0 Å². The maximum absolute atomic E-state index is 6.07. The molecule has 0 saturated carbocycles. The minimum Gasteiger partial charge on any atom is -0.380 e. The van der Waals surface area contributed by atoms with E-state index in [1.54, 1.807) is 7.11 Å². The van der Waals surface area contributed by atoms with Crippen LogP contribution in [-0.4, -0.2) is 39.4 Å². The van der Waals surface area contributed by atoms with Gasteiger partial charge in [0.25, 0.3) is 0 Å². The molecule has 0 aromatic heterocycles. The number of nitrogens with zero attached hydrogens (tertiary/aromatic N) is 1. The molecular formula is C21H35N3O2. The third-order valence-corrected chi connectivity index (χ3v) is 4.82. The summed E-state index contributed by atoms with van der Waals surface area (Å²) in [6.45, 7) is 9.91. The van der Waals surface area contributed by atoms with Gasteiger partial charge >= 0.3 is 0 Å². The van der Waals surface area contributed by atoms with Gasteiger partial charge in [-0.15, -0.1) is 0 Å². The highest BCUT2D eigenvalue weighted by molar-refractivity contribution is 5.79. The Morgan fingerprint density at radius 1 is 1.27 bits per heavy atom. The Balaban J connectivity index is 1.86. The fraction of sp³-hybridized carbons (Fsp3) is 0.667. The SMILES string of the molecule is CN=C(NCc1cccc(COC)c1)NCC1CCCOC1C(C)(C)C. The molecule has 146 valence electrons. The van der Waals surface area contributed by atoms with Crippen LogP contribution in [0.25, 0.3) is 0 Å². The predicted octanol–water partition coefficient (Wildman–Crippen LogP) is 3.34. The lowest BCUT2D eigenvalue weighted by Gasteiger charge is -2.40. The van der Waals surface area contributed by atoms with Gasteiger partial charge in [0.2, 0.25) is 0 Å². The summed E-state index contributed by atoms with van der Waals surface area (Å²) < 4.78 is 11.3. The normalized spacial score (nSPS) is 21.5. The molecule has 1 aliphatic heterocycles. The van der Waals surface area contributed by atoms with E-state index >= 15 is 0 Å². The van der Waals surface area contributed by atoms with Gasteiger partial charge in [-0.2, -0.15) is 0 Å². The number of ether oxygens (including phenoxy) is 2. The minimum atomic E-state index is 0.158. The second-order valence-electron chi connectivity index (χ2n) is 8.12. The molecule has 2 atom stereocenters. The van der Waals surface area contributed by atoms with Crippen LogP contribution in [0.4, 0.5) is 0 Å². The summed E-state index contributed by atoms with van der Waals surface area (Å²) in [6.07, 6.45) is 2.62. The lowest BCUT2D eigenvalue weighted by atomic mass is 9.78. The van der Waals surface area contributed by atoms with Crippen molar-refractivity contribution in [3.8, 4) is 0 Å². The molecule has 5 heteroatoms. The highest BCUT2D eigenvalue weighted by Gasteiger charge is 2.35. The quantitative estimate of drug-likeness (QED) is 0.603. The molecular weight excluding hydrogens is 326 g/mol. The van der Waals surface area contributed by atoms with E-state index in [9.17, 15) is 0 Å². The van der Waals surface area contributed by atoms with Gasteiger partial charge in [-0.1, -0.05) is 45.0 Å². The fourth-order valence-electron chi connectivity index (χ4n) is 3.64. The first kappa shape index (κ1) is 20.7. The summed E-state index contributed by atoms with van der Waals surface area (Å²) >= 11 is 0. The van der Waals surface area contributed by atoms with Gasteiger partial charge in [0, 0.05) is 39.8 Å². The van der Waals surface area contributed by atoms with Gasteiger partial charge in [-0.3, -0.25) is 4.99 Å². The summed E-state index contributed by atoms with van der Waals surface area (Å²) in [5, 5.41) is 6.89. The zero-order valence-electron chi connectivity index (χ0n) is 17.0. The molecule has 1 aliphatic rings. The molecule has 0 spiro atoms. The number of nitrogens with one attached hydrogen (secondary N) is 2. The van der Waals surface area contributed by atoms with Crippen LogP contribution < -0.4 is 10.6 Å². The largest absolute Gasteiger partial charge is 0.380 e. The molecule has 0 bridgehead atoms. The molecule has 1 aromatic carbocycles. The number of benzene rings is 1. The Hall–Kier alpha value is -1.59. The van der Waals surface area contributed by atoms with Crippen molar-refractivity contribution in [3.63, 3.8) is 0 Å². The van der Waals surface area contributed by atoms with E-state index in [0.717, 1.165) is 32.1 Å². The van der Waals surface area contributed by atoms with Crippen molar-refractivity contribution >= 4 is 5.96 Å². The number of hydrogen-bond donors (Lipinski definition) is 2. The average Bonchev–Trinajstić information content (AvgIpc) is 2.62. The van der Waals surface area contributed by atoms with E-state index in [0.29, 0.717) is 12.5 Å². The second-order valence-corrected chi connectivity index (χ2v) is 8.12. The summed E-state index contributed by atoms with van der Waals surface area (Å²) in [7, 11) is 3.53. The lowest BCUT2D eigenvalue weighted by molar-refractivity contribution is -0.0835. The van der Waals surface area contributed by atoms with Gasteiger partial charge < -0.3 is 20.1 Å². The Labute approximate surface area is 158 Å². The summed E-state index contributed by atoms with van der Waals surface area (Å²) in [5.74, 6) is 1.34. The van der Waals surface area contributed by atoms with E-state index < -0.39 is 0 Å². The first-order valence-electron chi connectivity index (χ1n) is 9.57. The fourth-order valence-corrected chi connectivity index (χ4v) is 3.64. The minimum absolute atomic E-state index is 0.158. The van der Waals surface area contributed by atoms with E-state index in [2.05, 4.69) is 60.7 Å². The zero-order chi connectivity index (χ0) is 19.0. The highest BCUT2D eigenvalue weighted by atomic mass is 16.5. The highest BCUT2D eigenvalue weighted by Crippen LogP contribution is 2.33. The van der Waals surface area contributed by atoms with E-state index in [-0.39, 0.29) is 11.5 Å². The molecule has 0 radical (unpaired) electrons. The summed E-state index contributed by atoms with van der Waals surface area (Å²) in [6, 6.07) is 8.42. The summed E-state index contributed by atoms with van der Waals surface area (Å²) in [5.41, 5.74) is 2.56. The van der Waals surface area contributed by atoms with E-state index in [1.807, 2.05) is 7.05 Å². The number of guanidine groups is 1. The van der Waals surface area contributed by atoms with Crippen molar-refractivity contribution in [1.82, 2.24) is 10.6 Å². The van der Waals surface area contributed by atoms with Crippen molar-refractivity contribution in [2.45, 2.75) is 52.9 Å². The van der Waals surface area contributed by atoms with E-state index in [4.69, 9.17) is 9.47 Å². The van der Waals surface area contributed by atoms with Crippen LogP contribution in [0.15, 0.2) is 29.3 Å². The monoisotopic (exact) mass is 361 g/mol. The Kier molecular flexibility index (Phi) is 7.91. The molecule has 1 heterocycles. The molecule has 1 fully saturated rings. The molecule has 26 heavy (non-hydrogen) atoms. The molecule has 0 amide bonds. The number of aliphatic imine (C=N–C) groups is 1. The van der Waals surface area contributed by atoms with E-state index in [1.165, 1.54) is 17.5 Å². The van der Waals surface area contributed by atoms with Crippen LogP contribution in [0, 0.1) is 11.3 Å². The van der Waals surface area contributed by atoms with Crippen LogP contribution in [0.1, 0.15) is 44.7 Å². The molecule has 1 aromatic rings. The van der Waals surface area contributed by atoms with Crippen LogP contribution in [0.3, 0.4) is 0 Å². The van der Waals surface area contributed by atoms with Gasteiger partial charge in [0.15, 0.2) is 5.96 Å². The Morgan fingerprint density at radius 3 is 2.73 bits per heavy atom. The first-order chi connectivity index (χ1) is 12.4. The Bertz CT molecular complexity index is 581. The van der Waals surface area contributed by atoms with Crippen molar-refractivity contribution in [2.24, 2.45) is 16.3 Å². The maximum Gasteiger partial charge on any atom is 0.191 e. The smallest absolute Gasteiger partial charge is 0.191 e. The van der Waals surface area contributed by atoms with Crippen molar-refractivity contribution < 1.29 is 9.47 Å². The first-order valence-corrected chi connectivity index (χ1v) is 9.57. The summed E-state index contributed by atoms with van der Waals surface area (Å²) in [4.78, 5) is 4.36. The van der Waals surface area contributed by atoms with Crippen LogP contribution in [0.2, 0.25) is 0 Å². The number of rotatable bonds is 6. The van der Waals surface area contributed by atoms with Crippen LogP contribution in [0.5, 0.6) is 0 Å². The standard InChI is InChI=1S/C21H35N3O2/c1-21(2,3)19-18(10-7-11-26-19)14-24-20(22-4)23-13-16-8-6-9-17(12-16)15-25-5/h6,8-9,12,18-19H,7,10-11,13-15H2,1-5H3,(H2,22,23,24). The zero-order valence-corrected chi connectivity index (χ0v) is 17.0. The lowest BCUT2D eigenvalue weighted by Crippen LogP contribution is -2.47. The van der Waals surface area contributed by atoms with Gasteiger partial charge in [0.05, 0.1) is 12.7 Å². The second kappa shape index (κ2) is 9.93. The van der Waals surface area contributed by atoms with Crippen LogP contribution >= 0.6 is 0 Å². The van der Waals surface area contributed by atoms with Crippen molar-refractivity contribution in [3.05, 3.63) is 35.4 Å². The average molecular weight is 362 g/mol. The molecule has 1 saturated heterocycles. The molecule has 5 nitrogen and oxygen atoms in total. The molecule has 2 rings (SSSR count). The number of methoxy groups -OCH3 is 1. The van der Waals surface area contributed by atoms with Crippen LogP contribution in [-0.2, 0) is 22.6 Å². The third kappa shape index (κ3) is 6.29. The molecule has 2 unspecified atom stereocenters. The molecule has 0 aliphatic carbocycles. The predicted molar refractivity (Wildman–Crippen MR) is 107 cm³/mol. The third-order valence-electron chi connectivity index (χ3n) is 4.82. The van der Waals surface area contributed by atoms with Gasteiger partial charge in [0.1, 0.15) is 0 Å². The van der Waals surface area contributed by atoms with Crippen molar-refractivity contribution in [1.29, 1.82) is 0 Å². The number of hydrogen-bond acceptors (Lipinski definition) is 3. The van der Waals surface area contributed by atoms with Gasteiger partial charge in [-0.05, 0) is 29.4 Å². The topological polar surface area (TPSA) is 54.9 Å². The van der Waals surface area contributed by atoms with Crippen molar-refractivity contribution in [2.75, 3.05) is 27.3 Å². The Morgan fingerprint density at radius 2 is 2.04 bits per heavy atom. The maximum atomic E-state index is 6.07.